The van der Waals surface area contributed by atoms with E-state index < -0.39 is 17.2 Å². The molecule has 0 aliphatic carbocycles. The zero-order valence-electron chi connectivity index (χ0n) is 16.1. The SMILES string of the molecule is C[C@@]1(NC(=O)c2ccccn2)CCOC2(CCN(Cc3ncc[nH]3)CC2)[C@H]1O. The molecular weight excluding hydrogens is 358 g/mol. The number of rotatable bonds is 4. The molecule has 3 N–H and O–H groups in total. The van der Waals surface area contributed by atoms with Crippen LogP contribution in [0.2, 0.25) is 0 Å². The molecule has 2 atom stereocenters. The van der Waals surface area contributed by atoms with Crippen LogP contribution in [0.15, 0.2) is 36.8 Å². The number of nitrogens with zero attached hydrogens (tertiary/aromatic N) is 3. The summed E-state index contributed by atoms with van der Waals surface area (Å²) in [6.45, 7) is 4.78. The highest BCUT2D eigenvalue weighted by molar-refractivity contribution is 5.92. The second-order valence-electron chi connectivity index (χ2n) is 7.96. The van der Waals surface area contributed by atoms with Crippen LogP contribution in [0, 0.1) is 0 Å². The number of aliphatic hydroxyl groups excluding tert-OH is 1. The monoisotopic (exact) mass is 385 g/mol. The van der Waals surface area contributed by atoms with Gasteiger partial charge in [-0.15, -0.1) is 0 Å². The molecule has 0 unspecified atom stereocenters. The summed E-state index contributed by atoms with van der Waals surface area (Å²) in [7, 11) is 0. The van der Waals surface area contributed by atoms with Gasteiger partial charge in [-0.25, -0.2) is 4.98 Å². The molecule has 0 saturated carbocycles. The van der Waals surface area contributed by atoms with E-state index >= 15 is 0 Å². The Morgan fingerprint density at radius 2 is 2.14 bits per heavy atom. The van der Waals surface area contributed by atoms with Crippen LogP contribution in [0.3, 0.4) is 0 Å². The molecule has 8 heteroatoms. The van der Waals surface area contributed by atoms with E-state index in [1.807, 2.05) is 13.1 Å². The number of carbonyl (C=O) groups is 1. The fourth-order valence-corrected chi connectivity index (χ4v) is 4.32. The fraction of sp³-hybridized carbons (Fsp3) is 0.550. The molecule has 4 heterocycles. The average molecular weight is 385 g/mol. The number of hydrogen-bond acceptors (Lipinski definition) is 6. The zero-order valence-corrected chi connectivity index (χ0v) is 16.1. The van der Waals surface area contributed by atoms with Crippen molar-refractivity contribution in [2.45, 2.75) is 50.0 Å². The van der Waals surface area contributed by atoms with Crippen LogP contribution >= 0.6 is 0 Å². The Balaban J connectivity index is 1.42. The minimum atomic E-state index is -0.785. The molecule has 0 aromatic carbocycles. The van der Waals surface area contributed by atoms with E-state index in [-0.39, 0.29) is 5.91 Å². The molecule has 2 aliphatic rings. The smallest absolute Gasteiger partial charge is 0.270 e. The van der Waals surface area contributed by atoms with Gasteiger partial charge in [0.1, 0.15) is 17.6 Å². The molecule has 2 fully saturated rings. The summed E-state index contributed by atoms with van der Waals surface area (Å²) in [4.78, 5) is 26.4. The summed E-state index contributed by atoms with van der Waals surface area (Å²) < 4.78 is 6.12. The van der Waals surface area contributed by atoms with E-state index in [0.717, 1.165) is 25.5 Å². The molecule has 8 nitrogen and oxygen atoms in total. The Labute approximate surface area is 164 Å². The lowest BCUT2D eigenvalue weighted by Crippen LogP contribution is -2.69. The molecule has 0 bridgehead atoms. The quantitative estimate of drug-likeness (QED) is 0.729. The van der Waals surface area contributed by atoms with Crippen molar-refractivity contribution >= 4 is 5.91 Å². The zero-order chi connectivity index (χ0) is 19.6. The third kappa shape index (κ3) is 3.67. The second kappa shape index (κ2) is 7.62. The molecule has 2 aromatic heterocycles. The summed E-state index contributed by atoms with van der Waals surface area (Å²) in [6.07, 6.45) is 6.37. The topological polar surface area (TPSA) is 103 Å². The van der Waals surface area contributed by atoms with Crippen molar-refractivity contribution in [3.05, 3.63) is 48.3 Å². The number of imidazole rings is 1. The lowest BCUT2D eigenvalue weighted by atomic mass is 9.73. The summed E-state index contributed by atoms with van der Waals surface area (Å²) in [5, 5.41) is 14.3. The number of likely N-dealkylation sites (tertiary alicyclic amines) is 1. The minimum Gasteiger partial charge on any atom is -0.388 e. The normalized spacial score (nSPS) is 27.6. The number of amides is 1. The van der Waals surface area contributed by atoms with Crippen molar-refractivity contribution in [3.8, 4) is 0 Å². The highest BCUT2D eigenvalue weighted by Crippen LogP contribution is 2.40. The standard InChI is InChI=1S/C20H27N5O3/c1-19(24-17(26)15-4-2-3-8-21-15)7-13-28-20(18(19)27)5-11-25(12-6-20)14-16-22-9-10-23-16/h2-4,8-10,18,27H,5-7,11-14H2,1H3,(H,22,23)(H,24,26)/t18-,19+/m0/s1. The van der Waals surface area contributed by atoms with Crippen molar-refractivity contribution < 1.29 is 14.6 Å². The van der Waals surface area contributed by atoms with Crippen LogP contribution < -0.4 is 5.32 Å². The Bertz CT molecular complexity index is 789. The molecule has 1 amide bonds. The number of ether oxygens (including phenoxy) is 1. The molecule has 150 valence electrons. The Morgan fingerprint density at radius 3 is 2.82 bits per heavy atom. The van der Waals surface area contributed by atoms with Gasteiger partial charge < -0.3 is 20.1 Å². The van der Waals surface area contributed by atoms with Crippen LogP contribution in [-0.4, -0.2) is 67.8 Å². The molecule has 2 saturated heterocycles. The predicted molar refractivity (Wildman–Crippen MR) is 103 cm³/mol. The Kier molecular flexibility index (Phi) is 5.18. The van der Waals surface area contributed by atoms with Gasteiger partial charge in [-0.3, -0.25) is 14.7 Å². The maximum Gasteiger partial charge on any atom is 0.270 e. The highest BCUT2D eigenvalue weighted by Gasteiger charge is 2.53. The lowest BCUT2D eigenvalue weighted by molar-refractivity contribution is -0.206. The first-order valence-electron chi connectivity index (χ1n) is 9.77. The van der Waals surface area contributed by atoms with Crippen molar-refractivity contribution in [1.29, 1.82) is 0 Å². The van der Waals surface area contributed by atoms with Gasteiger partial charge in [0, 0.05) is 38.3 Å². The van der Waals surface area contributed by atoms with Crippen LogP contribution in [0.5, 0.6) is 0 Å². The lowest BCUT2D eigenvalue weighted by Gasteiger charge is -2.53. The largest absolute Gasteiger partial charge is 0.388 e. The fourth-order valence-electron chi connectivity index (χ4n) is 4.32. The van der Waals surface area contributed by atoms with E-state index in [9.17, 15) is 9.90 Å². The van der Waals surface area contributed by atoms with Gasteiger partial charge in [0.15, 0.2) is 0 Å². The summed E-state index contributed by atoms with van der Waals surface area (Å²) in [5.41, 5.74) is -1.04. The number of aromatic nitrogens is 3. The van der Waals surface area contributed by atoms with Gasteiger partial charge in [0.05, 0.1) is 17.7 Å². The van der Waals surface area contributed by atoms with Crippen molar-refractivity contribution in [3.63, 3.8) is 0 Å². The third-order valence-corrected chi connectivity index (χ3v) is 6.04. The number of piperidine rings is 1. The van der Waals surface area contributed by atoms with Gasteiger partial charge in [0.25, 0.3) is 5.91 Å². The first kappa shape index (κ1) is 19.0. The number of hydrogen-bond donors (Lipinski definition) is 3. The minimum absolute atomic E-state index is 0.269. The maximum atomic E-state index is 12.6. The third-order valence-electron chi connectivity index (χ3n) is 6.04. The highest BCUT2D eigenvalue weighted by atomic mass is 16.5. The van der Waals surface area contributed by atoms with Gasteiger partial charge >= 0.3 is 0 Å². The molecule has 2 aromatic rings. The summed E-state index contributed by atoms with van der Waals surface area (Å²) in [5.74, 6) is 0.669. The van der Waals surface area contributed by atoms with Crippen molar-refractivity contribution in [2.24, 2.45) is 0 Å². The average Bonchev–Trinajstić information content (AvgIpc) is 3.22. The molecule has 28 heavy (non-hydrogen) atoms. The van der Waals surface area contributed by atoms with Gasteiger partial charge in [-0.2, -0.15) is 0 Å². The first-order chi connectivity index (χ1) is 13.5. The van der Waals surface area contributed by atoms with E-state index in [0.29, 0.717) is 31.6 Å². The molecule has 0 radical (unpaired) electrons. The number of carbonyl (C=O) groups excluding carboxylic acids is 1. The van der Waals surface area contributed by atoms with Gasteiger partial charge in [-0.05, 0) is 38.3 Å². The van der Waals surface area contributed by atoms with E-state index in [1.54, 1.807) is 30.6 Å². The van der Waals surface area contributed by atoms with Crippen LogP contribution in [-0.2, 0) is 11.3 Å². The van der Waals surface area contributed by atoms with Crippen LogP contribution in [0.4, 0.5) is 0 Å². The first-order valence-corrected chi connectivity index (χ1v) is 9.77. The van der Waals surface area contributed by atoms with Gasteiger partial charge in [0.2, 0.25) is 0 Å². The number of aromatic amines is 1. The van der Waals surface area contributed by atoms with Crippen molar-refractivity contribution in [1.82, 2.24) is 25.2 Å². The number of aliphatic hydroxyl groups is 1. The second-order valence-corrected chi connectivity index (χ2v) is 7.96. The van der Waals surface area contributed by atoms with Crippen LogP contribution in [0.25, 0.3) is 0 Å². The Hall–Kier alpha value is -2.29. The van der Waals surface area contributed by atoms with Gasteiger partial charge in [-0.1, -0.05) is 6.07 Å². The Morgan fingerprint density at radius 1 is 1.32 bits per heavy atom. The molecular formula is C20H27N5O3. The van der Waals surface area contributed by atoms with E-state index in [1.165, 1.54) is 0 Å². The molecule has 2 aliphatic heterocycles. The molecule has 4 rings (SSSR count). The summed E-state index contributed by atoms with van der Waals surface area (Å²) in [6, 6.07) is 5.22. The van der Waals surface area contributed by atoms with Crippen LogP contribution in [0.1, 0.15) is 42.5 Å². The number of pyridine rings is 1. The van der Waals surface area contributed by atoms with E-state index in [2.05, 4.69) is 25.2 Å². The predicted octanol–water partition coefficient (Wildman–Crippen LogP) is 1.11. The van der Waals surface area contributed by atoms with Crippen molar-refractivity contribution in [2.75, 3.05) is 19.7 Å². The number of H-pyrrole nitrogens is 1. The molecule has 1 spiro atoms. The maximum absolute atomic E-state index is 12.6. The number of nitrogens with one attached hydrogen (secondary N) is 2. The van der Waals surface area contributed by atoms with E-state index in [4.69, 9.17) is 4.74 Å². The summed E-state index contributed by atoms with van der Waals surface area (Å²) >= 11 is 0.